The van der Waals surface area contributed by atoms with E-state index < -0.39 is 218 Å². The Labute approximate surface area is 531 Å². The fraction of sp³-hybridized carbons (Fsp3) is 0.949. The largest absolute Gasteiger partial charge is 0.459 e. The summed E-state index contributed by atoms with van der Waals surface area (Å²) in [7, 11) is 5.18. The first-order valence-corrected chi connectivity index (χ1v) is 31.6. The van der Waals surface area contributed by atoms with Gasteiger partial charge in [0.25, 0.3) is 0 Å². The zero-order valence-electron chi connectivity index (χ0n) is 54.6. The molecule has 22 N–H and O–H groups in total. The van der Waals surface area contributed by atoms with Gasteiger partial charge in [0.1, 0.15) is 96.8 Å². The van der Waals surface area contributed by atoms with Gasteiger partial charge in [-0.2, -0.15) is 0 Å². The van der Waals surface area contributed by atoms with E-state index in [9.17, 15) is 80.8 Å². The summed E-state index contributed by atoms with van der Waals surface area (Å²) in [5, 5.41) is 142. The van der Waals surface area contributed by atoms with Gasteiger partial charge in [-0.05, 0) is 94.3 Å². The van der Waals surface area contributed by atoms with E-state index in [0.717, 1.165) is 0 Å². The molecule has 0 aromatic heterocycles. The maximum atomic E-state index is 14.1. The fourth-order valence-corrected chi connectivity index (χ4v) is 13.5. The quantitative estimate of drug-likeness (QED) is 0.0602. The topological polar surface area (TPSA) is 526 Å². The van der Waals surface area contributed by atoms with Crippen molar-refractivity contribution in [2.45, 2.75) is 290 Å². The summed E-state index contributed by atoms with van der Waals surface area (Å²) in [6.45, 7) is 15.4. The summed E-state index contributed by atoms with van der Waals surface area (Å²) in [6, 6.07) is -3.78. The average Bonchev–Trinajstić information content (AvgIpc) is 0.877. The van der Waals surface area contributed by atoms with Gasteiger partial charge in [-0.25, -0.2) is 0 Å². The number of ketones is 1. The van der Waals surface area contributed by atoms with Gasteiger partial charge in [-0.1, -0.05) is 27.7 Å². The molecule has 0 aromatic rings. The van der Waals surface area contributed by atoms with Crippen molar-refractivity contribution in [3.8, 4) is 0 Å². The number of aliphatic hydroxyl groups excluding tert-OH is 11. The number of nitrogens with zero attached hydrogens (tertiary/aromatic N) is 1. The third-order valence-corrected chi connectivity index (χ3v) is 19.3. The second-order valence-electron chi connectivity index (χ2n) is 26.8. The van der Waals surface area contributed by atoms with Crippen LogP contribution in [0.2, 0.25) is 0 Å². The van der Waals surface area contributed by atoms with Crippen molar-refractivity contribution < 1.29 is 128 Å². The lowest BCUT2D eigenvalue weighted by molar-refractivity contribution is -0.332. The predicted octanol–water partition coefficient (Wildman–Crippen LogP) is -6.64. The Balaban J connectivity index is 0.000000340. The van der Waals surface area contributed by atoms with Gasteiger partial charge in [0.05, 0.1) is 66.3 Å². The summed E-state index contributed by atoms with van der Waals surface area (Å²) in [6.07, 6.45) is -29.5. The van der Waals surface area contributed by atoms with Gasteiger partial charge in [-0.3, -0.25) is 14.4 Å². The van der Waals surface area contributed by atoms with Crippen LogP contribution in [0.25, 0.3) is 0 Å². The van der Waals surface area contributed by atoms with Crippen molar-refractivity contribution in [2.24, 2.45) is 46.6 Å². The Hall–Kier alpha value is -2.47. The molecular weight excluding hydrogens is 1210 g/mol. The highest BCUT2D eigenvalue weighted by molar-refractivity contribution is 5.83. The van der Waals surface area contributed by atoms with E-state index in [0.29, 0.717) is 6.42 Å². The maximum Gasteiger partial charge on any atom is 0.311 e. The minimum absolute atomic E-state index is 0.0101. The SMILES string of the molecule is CC[C@H]1OC(=O)[C@H](C)[C@@H](O[C@H]2C[C@@](C)(OC)[C@@H](O)[C@H](C)O2)[C@H](C)[C@@H](O[C@@H]2O[C@H](C)C[C@H](N(C)C)[C@H]2O)[C@](C)(O)C[C@@H](C)C(=O)[C@H](C)[C@@H](O)[C@]1(C)O.NCC[C@H](O)C(=O)N[C@@H]1C[C@H](N)[C@@H](O[C@H]2O[C@H](CN)[C@@H](O)[C@H](O)[C@H]2O)[C@H](O)[C@H]1O[C@H]1O[C@H](CO)[C@@H](O)[C@H](N)[C@H]1O. The highest BCUT2D eigenvalue weighted by Crippen LogP contribution is 2.42. The fourth-order valence-electron chi connectivity index (χ4n) is 13.5. The third-order valence-electron chi connectivity index (χ3n) is 19.3. The maximum absolute atomic E-state index is 14.1. The average molecular weight is 1320 g/mol. The Morgan fingerprint density at radius 1 is 0.714 bits per heavy atom. The number of cyclic esters (lactones) is 1. The molecule has 0 radical (unpaired) electrons. The Kier molecular flexibility index (Phi) is 28.9. The lowest BCUT2D eigenvalue weighted by Gasteiger charge is -2.49. The van der Waals surface area contributed by atoms with E-state index in [4.69, 9.17) is 70.3 Å². The molecule has 0 unspecified atom stereocenters. The van der Waals surface area contributed by atoms with Crippen LogP contribution >= 0.6 is 0 Å². The summed E-state index contributed by atoms with van der Waals surface area (Å²) in [4.78, 5) is 42.3. The van der Waals surface area contributed by atoms with Crippen molar-refractivity contribution in [1.29, 1.82) is 0 Å². The van der Waals surface area contributed by atoms with Crippen LogP contribution in [0.3, 0.4) is 0 Å². The van der Waals surface area contributed by atoms with E-state index in [1.165, 1.54) is 27.9 Å². The summed E-state index contributed by atoms with van der Waals surface area (Å²) >= 11 is 0. The van der Waals surface area contributed by atoms with Crippen molar-refractivity contribution in [1.82, 2.24) is 10.2 Å². The van der Waals surface area contributed by atoms with Crippen LogP contribution in [0.5, 0.6) is 0 Å². The first-order valence-electron chi connectivity index (χ1n) is 31.6. The number of nitrogens with two attached hydrogens (primary N) is 4. The second-order valence-corrected chi connectivity index (χ2v) is 26.8. The first-order chi connectivity index (χ1) is 42.3. The van der Waals surface area contributed by atoms with Gasteiger partial charge < -0.3 is 147 Å². The predicted molar refractivity (Wildman–Crippen MR) is 318 cm³/mol. The Morgan fingerprint density at radius 3 is 1.88 bits per heavy atom. The lowest BCUT2D eigenvalue weighted by atomic mass is 9.74. The number of likely N-dealkylation sites (N-methyl/N-ethyl adjacent to an activating group) is 1. The van der Waals surface area contributed by atoms with E-state index in [-0.39, 0.29) is 57.3 Å². The number of carbonyl (C=O) groups is 3. The van der Waals surface area contributed by atoms with Crippen LogP contribution in [-0.2, 0) is 61.8 Å². The number of ether oxygens (including phenoxy) is 10. The van der Waals surface area contributed by atoms with Crippen LogP contribution in [0, 0.1) is 23.7 Å². The van der Waals surface area contributed by atoms with Gasteiger partial charge in [0, 0.05) is 49.9 Å². The van der Waals surface area contributed by atoms with Gasteiger partial charge in [0.15, 0.2) is 25.2 Å². The molecule has 0 bridgehead atoms. The number of hydrogen-bond acceptors (Lipinski definition) is 31. The molecule has 0 spiro atoms. The van der Waals surface area contributed by atoms with Gasteiger partial charge in [0.2, 0.25) is 5.91 Å². The molecule has 34 atom stereocenters. The molecule has 91 heavy (non-hydrogen) atoms. The molecule has 32 heteroatoms. The van der Waals surface area contributed by atoms with Crippen LogP contribution in [0.4, 0.5) is 0 Å². The molecule has 1 saturated carbocycles. The second kappa shape index (κ2) is 33.2. The van der Waals surface area contributed by atoms with Gasteiger partial charge >= 0.3 is 5.97 Å². The van der Waals surface area contributed by atoms with E-state index in [2.05, 4.69) is 5.32 Å². The summed E-state index contributed by atoms with van der Waals surface area (Å²) in [5.74, 6) is -5.82. The van der Waals surface area contributed by atoms with Crippen molar-refractivity contribution >= 4 is 17.7 Å². The summed E-state index contributed by atoms with van der Waals surface area (Å²) < 4.78 is 59.6. The number of Topliss-reactive ketones (excluding diaryl/α,β-unsaturated/α-hetero) is 1. The minimum atomic E-state index is -1.99. The normalized spacial score (nSPS) is 48.6. The van der Waals surface area contributed by atoms with E-state index in [1.807, 2.05) is 25.9 Å². The Bertz CT molecular complexity index is 2280. The highest BCUT2D eigenvalue weighted by atomic mass is 16.7. The van der Waals surface area contributed by atoms with Gasteiger partial charge in [-0.15, -0.1) is 0 Å². The molecular formula is C59H110N6O26. The molecule has 32 nitrogen and oxygen atoms in total. The number of nitrogens with one attached hydrogen (secondary N) is 1. The molecule has 0 aromatic carbocycles. The highest BCUT2D eigenvalue weighted by Gasteiger charge is 2.56. The zero-order valence-corrected chi connectivity index (χ0v) is 54.6. The van der Waals surface area contributed by atoms with Crippen LogP contribution in [0.1, 0.15) is 108 Å². The molecule has 6 aliphatic rings. The molecule has 532 valence electrons. The first kappa shape index (κ1) is 79.2. The summed E-state index contributed by atoms with van der Waals surface area (Å²) in [5.41, 5.74) is 18.2. The number of methoxy groups -OCH3 is 1. The molecule has 5 heterocycles. The molecule has 1 aliphatic carbocycles. The third kappa shape index (κ3) is 18.2. The molecule has 6 rings (SSSR count). The minimum Gasteiger partial charge on any atom is -0.459 e. The standard InChI is InChI=1S/C37H67NO13.C22H43N5O13/c1-14-25-37(10,45)30(41)20(4)27(39)18(2)16-35(8,44)32(51-34-28(40)24(38(11)12)15-19(3)47-34)21(5)29(22(6)33(43)49-25)50-26-17-36(9,46-13)31(42)23(7)48-26;23-2-1-8(29)20(36)27-7-3-6(25)18(39-22-16(34)15(33)13(31)9(4-24)37-22)17(35)19(7)40-21-14(32)11(26)12(30)10(5-28)38-21/h18-26,28-32,34,40-42,44-45H,14-17H2,1-13H3;6-19,21-22,28-35H,1-5,23-26H2,(H,27,36)/t18-,19-,20+,21+,22-,23+,24+,25-,26+,28-,29+,30-,31+,32-,34+,35-,36-,37-;6-,7+,8-,9+,10+,11-,12+,13+,14+,15-,16+,17-,18+,19-,21+,22+/m10/s1. The van der Waals surface area contributed by atoms with Crippen molar-refractivity contribution in [3.63, 3.8) is 0 Å². The zero-order chi connectivity index (χ0) is 68.8. The molecule has 5 aliphatic heterocycles. The lowest BCUT2D eigenvalue weighted by Crippen LogP contribution is -2.69. The van der Waals surface area contributed by atoms with Crippen molar-refractivity contribution in [3.05, 3.63) is 0 Å². The monoisotopic (exact) mass is 1320 g/mol. The van der Waals surface area contributed by atoms with E-state index in [1.54, 1.807) is 41.5 Å². The molecule has 6 fully saturated rings. The van der Waals surface area contributed by atoms with Crippen LogP contribution < -0.4 is 28.3 Å². The van der Waals surface area contributed by atoms with E-state index >= 15 is 0 Å². The smallest absolute Gasteiger partial charge is 0.311 e. The molecule has 5 saturated heterocycles. The number of amides is 1. The molecule has 1 amide bonds. The number of aliphatic hydroxyl groups is 13. The number of hydrogen-bond donors (Lipinski definition) is 18. The van der Waals surface area contributed by atoms with Crippen LogP contribution in [0.15, 0.2) is 0 Å². The van der Waals surface area contributed by atoms with Crippen LogP contribution in [-0.4, -0.2) is 312 Å². The number of rotatable bonds is 17. The van der Waals surface area contributed by atoms with Crippen molar-refractivity contribution in [2.75, 3.05) is 40.9 Å². The number of esters is 1. The Morgan fingerprint density at radius 2 is 1.31 bits per heavy atom. The number of carbonyl (C=O) groups excluding carboxylic acids is 3.